The lowest BCUT2D eigenvalue weighted by molar-refractivity contribution is -0.149. The largest absolute Gasteiger partial charge is 0.479 e. The van der Waals surface area contributed by atoms with Gasteiger partial charge < -0.3 is 9.84 Å². The maximum absolute atomic E-state index is 10.4. The zero-order valence-electron chi connectivity index (χ0n) is 6.99. The fourth-order valence-corrected chi connectivity index (χ4v) is 2.11. The summed E-state index contributed by atoms with van der Waals surface area (Å²) >= 11 is 4.85. The number of halogens is 1. The molecule has 0 radical (unpaired) electrons. The van der Waals surface area contributed by atoms with Crippen LogP contribution >= 0.6 is 27.3 Å². The van der Waals surface area contributed by atoms with Crippen molar-refractivity contribution in [3.8, 4) is 0 Å². The first-order chi connectivity index (χ1) is 6.09. The lowest BCUT2D eigenvalue weighted by Gasteiger charge is -2.05. The van der Waals surface area contributed by atoms with Crippen LogP contribution < -0.4 is 0 Å². The molecule has 1 rings (SSSR count). The highest BCUT2D eigenvalue weighted by molar-refractivity contribution is 9.11. The van der Waals surface area contributed by atoms with Crippen molar-refractivity contribution in [2.75, 3.05) is 0 Å². The Kier molecular flexibility index (Phi) is 3.90. The summed E-state index contributed by atoms with van der Waals surface area (Å²) in [4.78, 5) is 11.4. The number of carboxylic acid groups (broad SMARTS) is 1. The van der Waals surface area contributed by atoms with Crippen LogP contribution in [0.5, 0.6) is 0 Å². The number of aliphatic carboxylic acids is 1. The normalized spacial score (nSPS) is 12.8. The molecular formula is C8H9BrO3S. The van der Waals surface area contributed by atoms with Crippen molar-refractivity contribution in [1.82, 2.24) is 0 Å². The lowest BCUT2D eigenvalue weighted by atomic mass is 10.4. The van der Waals surface area contributed by atoms with Gasteiger partial charge in [0.1, 0.15) is 0 Å². The Morgan fingerprint density at radius 1 is 1.77 bits per heavy atom. The molecule has 1 aromatic rings. The van der Waals surface area contributed by atoms with Crippen molar-refractivity contribution in [2.24, 2.45) is 0 Å². The first kappa shape index (κ1) is 10.7. The van der Waals surface area contributed by atoms with E-state index >= 15 is 0 Å². The minimum absolute atomic E-state index is 0.351. The quantitative estimate of drug-likeness (QED) is 0.909. The van der Waals surface area contributed by atoms with Crippen molar-refractivity contribution in [2.45, 2.75) is 19.6 Å². The first-order valence-electron chi connectivity index (χ1n) is 3.68. The highest BCUT2D eigenvalue weighted by Gasteiger charge is 2.11. The van der Waals surface area contributed by atoms with Crippen molar-refractivity contribution < 1.29 is 14.6 Å². The average Bonchev–Trinajstić information content (AvgIpc) is 2.47. The summed E-state index contributed by atoms with van der Waals surface area (Å²) < 4.78 is 6.12. The molecule has 0 amide bonds. The predicted octanol–water partition coefficient (Wildman–Crippen LogP) is 2.50. The van der Waals surface area contributed by atoms with Gasteiger partial charge in [0.15, 0.2) is 6.10 Å². The average molecular weight is 265 g/mol. The van der Waals surface area contributed by atoms with Gasteiger partial charge in [-0.05, 0) is 35.0 Å². The standard InChI is InChI=1S/C8H9BrO3S/c1-5(8(10)11)12-4-6-2-3-7(9)13-6/h2-3,5H,4H2,1H3,(H,10,11)/t5-/m1/s1. The van der Waals surface area contributed by atoms with E-state index in [0.717, 1.165) is 8.66 Å². The molecular weight excluding hydrogens is 256 g/mol. The maximum Gasteiger partial charge on any atom is 0.332 e. The van der Waals surface area contributed by atoms with Gasteiger partial charge in [0.2, 0.25) is 0 Å². The zero-order valence-corrected chi connectivity index (χ0v) is 9.39. The minimum atomic E-state index is -0.935. The molecule has 0 bridgehead atoms. The van der Waals surface area contributed by atoms with Crippen LogP contribution in [0.4, 0.5) is 0 Å². The summed E-state index contributed by atoms with van der Waals surface area (Å²) in [5.74, 6) is -0.935. The third-order valence-electron chi connectivity index (χ3n) is 1.45. The van der Waals surface area contributed by atoms with E-state index in [0.29, 0.717) is 6.61 Å². The smallest absolute Gasteiger partial charge is 0.332 e. The SMILES string of the molecule is C[C@@H](OCc1ccc(Br)s1)C(=O)O. The Labute approximate surface area is 88.5 Å². The Balaban J connectivity index is 2.39. The Morgan fingerprint density at radius 2 is 2.46 bits per heavy atom. The van der Waals surface area contributed by atoms with Gasteiger partial charge in [0.25, 0.3) is 0 Å². The van der Waals surface area contributed by atoms with Gasteiger partial charge in [-0.15, -0.1) is 11.3 Å². The number of thiophene rings is 1. The predicted molar refractivity (Wildman–Crippen MR) is 53.9 cm³/mol. The van der Waals surface area contributed by atoms with Crippen LogP contribution in [0.2, 0.25) is 0 Å². The van der Waals surface area contributed by atoms with Crippen LogP contribution in [0, 0.1) is 0 Å². The second-order valence-electron chi connectivity index (χ2n) is 2.50. The lowest BCUT2D eigenvalue weighted by Crippen LogP contribution is -2.19. The number of hydrogen-bond acceptors (Lipinski definition) is 3. The molecule has 1 N–H and O–H groups in total. The molecule has 0 aliphatic carbocycles. The molecule has 0 fully saturated rings. The van der Waals surface area contributed by atoms with Gasteiger partial charge in [-0.1, -0.05) is 0 Å². The number of ether oxygens (including phenoxy) is 1. The minimum Gasteiger partial charge on any atom is -0.479 e. The van der Waals surface area contributed by atoms with Gasteiger partial charge in [0, 0.05) is 4.88 Å². The Morgan fingerprint density at radius 3 is 2.92 bits per heavy atom. The first-order valence-corrected chi connectivity index (χ1v) is 5.29. The number of carboxylic acids is 1. The molecule has 1 heterocycles. The number of carbonyl (C=O) groups is 1. The molecule has 13 heavy (non-hydrogen) atoms. The highest BCUT2D eigenvalue weighted by atomic mass is 79.9. The van der Waals surface area contributed by atoms with Crippen molar-refractivity contribution in [1.29, 1.82) is 0 Å². The van der Waals surface area contributed by atoms with Gasteiger partial charge in [-0.2, -0.15) is 0 Å². The van der Waals surface area contributed by atoms with Crippen molar-refractivity contribution in [3.05, 3.63) is 20.8 Å². The molecule has 0 saturated carbocycles. The maximum atomic E-state index is 10.4. The van der Waals surface area contributed by atoms with Crippen LogP contribution in [0.25, 0.3) is 0 Å². The summed E-state index contributed by atoms with van der Waals surface area (Å²) in [5, 5.41) is 8.53. The van der Waals surface area contributed by atoms with E-state index in [1.807, 2.05) is 12.1 Å². The van der Waals surface area contributed by atoms with E-state index in [9.17, 15) is 4.79 Å². The highest BCUT2D eigenvalue weighted by Crippen LogP contribution is 2.22. The van der Waals surface area contributed by atoms with E-state index < -0.39 is 12.1 Å². The second kappa shape index (κ2) is 4.74. The summed E-state index contributed by atoms with van der Waals surface area (Å²) in [6, 6.07) is 3.82. The van der Waals surface area contributed by atoms with Crippen LogP contribution in [0.15, 0.2) is 15.9 Å². The number of hydrogen-bond donors (Lipinski definition) is 1. The van der Waals surface area contributed by atoms with Crippen LogP contribution in [-0.4, -0.2) is 17.2 Å². The molecule has 0 aliphatic rings. The molecule has 3 nitrogen and oxygen atoms in total. The molecule has 1 aromatic heterocycles. The van der Waals surface area contributed by atoms with Crippen molar-refractivity contribution >= 4 is 33.2 Å². The van der Waals surface area contributed by atoms with E-state index in [1.54, 1.807) is 11.3 Å². The third-order valence-corrected chi connectivity index (χ3v) is 3.05. The molecule has 0 unspecified atom stereocenters. The van der Waals surface area contributed by atoms with Crippen LogP contribution in [0.3, 0.4) is 0 Å². The molecule has 0 spiro atoms. The van der Waals surface area contributed by atoms with Crippen LogP contribution in [-0.2, 0) is 16.1 Å². The molecule has 0 saturated heterocycles. The monoisotopic (exact) mass is 264 g/mol. The van der Waals surface area contributed by atoms with E-state index in [1.165, 1.54) is 6.92 Å². The van der Waals surface area contributed by atoms with E-state index in [-0.39, 0.29) is 0 Å². The summed E-state index contributed by atoms with van der Waals surface area (Å²) in [6.07, 6.45) is -0.749. The van der Waals surface area contributed by atoms with Gasteiger partial charge in [-0.25, -0.2) is 4.79 Å². The van der Waals surface area contributed by atoms with E-state index in [2.05, 4.69) is 15.9 Å². The summed E-state index contributed by atoms with van der Waals surface area (Å²) in [6.45, 7) is 1.87. The van der Waals surface area contributed by atoms with Gasteiger partial charge in [0.05, 0.1) is 10.4 Å². The van der Waals surface area contributed by atoms with Crippen LogP contribution in [0.1, 0.15) is 11.8 Å². The van der Waals surface area contributed by atoms with E-state index in [4.69, 9.17) is 9.84 Å². The Hall–Kier alpha value is -0.390. The second-order valence-corrected chi connectivity index (χ2v) is 5.04. The molecule has 0 aromatic carbocycles. The zero-order chi connectivity index (χ0) is 9.84. The molecule has 5 heteroatoms. The summed E-state index contributed by atoms with van der Waals surface area (Å²) in [7, 11) is 0. The fourth-order valence-electron chi connectivity index (χ4n) is 0.708. The van der Waals surface area contributed by atoms with Gasteiger partial charge >= 0.3 is 5.97 Å². The molecule has 72 valence electrons. The topological polar surface area (TPSA) is 46.5 Å². The van der Waals surface area contributed by atoms with Gasteiger partial charge in [-0.3, -0.25) is 0 Å². The Bertz CT molecular complexity index is 297. The summed E-state index contributed by atoms with van der Waals surface area (Å²) in [5.41, 5.74) is 0. The molecule has 1 atom stereocenters. The van der Waals surface area contributed by atoms with Crippen molar-refractivity contribution in [3.63, 3.8) is 0 Å². The molecule has 0 aliphatic heterocycles. The number of rotatable bonds is 4. The third kappa shape index (κ3) is 3.46. The fraction of sp³-hybridized carbons (Fsp3) is 0.375.